The first kappa shape index (κ1) is 21.4. The molecule has 1 heterocycles. The van der Waals surface area contributed by atoms with Crippen molar-refractivity contribution in [2.45, 2.75) is 51.6 Å². The van der Waals surface area contributed by atoms with Crippen molar-refractivity contribution in [3.05, 3.63) is 65.5 Å². The van der Waals surface area contributed by atoms with Crippen LogP contribution in [-0.2, 0) is 16.8 Å². The average Bonchev–Trinajstić information content (AvgIpc) is 3.16. The van der Waals surface area contributed by atoms with Crippen LogP contribution < -0.4 is 5.32 Å². The lowest BCUT2D eigenvalue weighted by molar-refractivity contribution is -0.122. The van der Waals surface area contributed by atoms with Crippen LogP contribution in [0, 0.1) is 23.0 Å². The quantitative estimate of drug-likeness (QED) is 0.610. The van der Waals surface area contributed by atoms with Gasteiger partial charge >= 0.3 is 0 Å². The highest BCUT2D eigenvalue weighted by atomic mass is 19.2. The van der Waals surface area contributed by atoms with Crippen LogP contribution in [0.4, 0.5) is 8.78 Å². The molecule has 0 aliphatic rings. The van der Waals surface area contributed by atoms with E-state index in [2.05, 4.69) is 16.4 Å². The summed E-state index contributed by atoms with van der Waals surface area (Å²) in [5.74, 6) is -2.34. The van der Waals surface area contributed by atoms with Gasteiger partial charge in [0.25, 0.3) is 0 Å². The number of halogens is 2. The number of carbonyl (C=O) groups is 1. The monoisotopic (exact) mass is 410 g/mol. The fraction of sp³-hybridized carbons (Fsp3) is 0.348. The highest BCUT2D eigenvalue weighted by molar-refractivity contribution is 5.81. The molecule has 30 heavy (non-hydrogen) atoms. The maximum Gasteiger partial charge on any atom is 0.240 e. The first-order valence-corrected chi connectivity index (χ1v) is 9.95. The van der Waals surface area contributed by atoms with E-state index in [1.54, 1.807) is 0 Å². The zero-order chi connectivity index (χ0) is 21.9. The summed E-state index contributed by atoms with van der Waals surface area (Å²) in [6.45, 7) is 5.66. The van der Waals surface area contributed by atoms with Crippen LogP contribution >= 0.6 is 0 Å². The summed E-state index contributed by atoms with van der Waals surface area (Å²) in [6.07, 6.45) is 2.77. The third kappa shape index (κ3) is 3.90. The number of nitrogens with one attached hydrogen (secondary N) is 1. The Kier molecular flexibility index (Phi) is 6.16. The van der Waals surface area contributed by atoms with Crippen molar-refractivity contribution in [3.8, 4) is 6.07 Å². The predicted octanol–water partition coefficient (Wildman–Crippen LogP) is 4.77. The van der Waals surface area contributed by atoms with Gasteiger partial charge in [-0.3, -0.25) is 4.79 Å². The maximum atomic E-state index is 14.1. The largest absolute Gasteiger partial charge is 0.348 e. The number of hydrogen-bond donors (Lipinski definition) is 1. The number of nitriles is 1. The number of aromatic nitrogens is 2. The van der Waals surface area contributed by atoms with Crippen molar-refractivity contribution < 1.29 is 13.6 Å². The number of rotatable bonds is 7. The first-order valence-electron chi connectivity index (χ1n) is 9.95. The Balaban J connectivity index is 1.72. The van der Waals surface area contributed by atoms with Crippen molar-refractivity contribution in [2.75, 3.05) is 0 Å². The molecular weight excluding hydrogens is 386 g/mol. The van der Waals surface area contributed by atoms with Gasteiger partial charge in [0.1, 0.15) is 12.1 Å². The van der Waals surface area contributed by atoms with Gasteiger partial charge in [-0.1, -0.05) is 38.1 Å². The van der Waals surface area contributed by atoms with E-state index in [0.717, 1.165) is 30.0 Å². The van der Waals surface area contributed by atoms with Gasteiger partial charge in [-0.2, -0.15) is 5.26 Å². The number of amides is 1. The van der Waals surface area contributed by atoms with Crippen molar-refractivity contribution in [3.63, 3.8) is 0 Å². The third-order valence-electron chi connectivity index (χ3n) is 5.75. The van der Waals surface area contributed by atoms with Gasteiger partial charge in [0.15, 0.2) is 11.6 Å². The van der Waals surface area contributed by atoms with E-state index < -0.39 is 17.0 Å². The number of nitrogens with zero attached hydrogens (tertiary/aromatic N) is 3. The minimum atomic E-state index is -1.02. The lowest BCUT2D eigenvalue weighted by Gasteiger charge is -2.24. The number of carbonyl (C=O) groups excluding carboxylic acids is 1. The van der Waals surface area contributed by atoms with Gasteiger partial charge in [0.2, 0.25) is 5.91 Å². The molecule has 0 unspecified atom stereocenters. The summed E-state index contributed by atoms with van der Waals surface area (Å²) in [4.78, 5) is 16.5. The predicted molar refractivity (Wildman–Crippen MR) is 111 cm³/mol. The smallest absolute Gasteiger partial charge is 0.240 e. The van der Waals surface area contributed by atoms with Gasteiger partial charge < -0.3 is 9.88 Å². The second-order valence-corrected chi connectivity index (χ2v) is 7.41. The molecule has 2 aromatic carbocycles. The fourth-order valence-electron chi connectivity index (χ4n) is 3.71. The molecule has 5 nitrogen and oxygen atoms in total. The highest BCUT2D eigenvalue weighted by Gasteiger charge is 2.28. The zero-order valence-corrected chi connectivity index (χ0v) is 17.2. The van der Waals surface area contributed by atoms with E-state index in [4.69, 9.17) is 0 Å². The fourth-order valence-corrected chi connectivity index (χ4v) is 3.71. The van der Waals surface area contributed by atoms with Gasteiger partial charge in [-0.15, -0.1) is 0 Å². The van der Waals surface area contributed by atoms with Gasteiger partial charge in [0, 0.05) is 0 Å². The molecule has 0 bridgehead atoms. The Bertz CT molecular complexity index is 1090. The van der Waals surface area contributed by atoms with Crippen LogP contribution in [0.3, 0.4) is 0 Å². The number of imidazole rings is 1. The van der Waals surface area contributed by atoms with Gasteiger partial charge in [-0.05, 0) is 43.0 Å². The van der Waals surface area contributed by atoms with Crippen molar-refractivity contribution in [1.82, 2.24) is 14.9 Å². The molecule has 1 atom stereocenters. The summed E-state index contributed by atoms with van der Waals surface area (Å²) >= 11 is 0. The van der Waals surface area contributed by atoms with Crippen LogP contribution in [-0.4, -0.2) is 15.5 Å². The van der Waals surface area contributed by atoms with E-state index in [9.17, 15) is 18.8 Å². The van der Waals surface area contributed by atoms with Crippen molar-refractivity contribution in [1.29, 1.82) is 5.26 Å². The molecule has 7 heteroatoms. The molecule has 0 spiro atoms. The molecular formula is C23H24F2N4O. The maximum absolute atomic E-state index is 14.1. The van der Waals surface area contributed by atoms with Crippen LogP contribution in [0.15, 0.2) is 42.7 Å². The summed E-state index contributed by atoms with van der Waals surface area (Å²) in [5, 5.41) is 12.5. The summed E-state index contributed by atoms with van der Waals surface area (Å²) in [5.41, 5.74) is 1.60. The second kappa shape index (κ2) is 8.62. The molecule has 0 radical (unpaired) electrons. The first-order chi connectivity index (χ1) is 14.3. The topological polar surface area (TPSA) is 70.7 Å². The van der Waals surface area contributed by atoms with Crippen molar-refractivity contribution >= 4 is 16.9 Å². The minimum Gasteiger partial charge on any atom is -0.348 e. The molecule has 0 saturated carbocycles. The standard InChI is InChI=1S/C23H24F2N4O/c1-4-23(5-2,13-26)17-8-6-16(7-9-17)15(3)28-20(30)12-29-14-27-19-11-10-18(24)21(25)22(19)29/h6-11,14-15H,4-5,12H2,1-3H3,(H,28,30)/t15-/m0/s1. The van der Waals surface area contributed by atoms with E-state index in [0.29, 0.717) is 0 Å². The highest BCUT2D eigenvalue weighted by Crippen LogP contribution is 2.31. The molecule has 0 fully saturated rings. The number of benzene rings is 2. The molecule has 0 aliphatic carbocycles. The van der Waals surface area contributed by atoms with Crippen LogP contribution in [0.5, 0.6) is 0 Å². The summed E-state index contributed by atoms with van der Waals surface area (Å²) < 4.78 is 28.9. The third-order valence-corrected chi connectivity index (χ3v) is 5.75. The number of fused-ring (bicyclic) bond motifs is 1. The molecule has 156 valence electrons. The Morgan fingerprint density at radius 1 is 1.20 bits per heavy atom. The Morgan fingerprint density at radius 3 is 2.47 bits per heavy atom. The molecule has 1 N–H and O–H groups in total. The van der Waals surface area contributed by atoms with Crippen LogP contribution in [0.2, 0.25) is 0 Å². The van der Waals surface area contributed by atoms with Gasteiger partial charge in [-0.25, -0.2) is 13.8 Å². The van der Waals surface area contributed by atoms with Gasteiger partial charge in [0.05, 0.1) is 29.4 Å². The minimum absolute atomic E-state index is 0.0332. The summed E-state index contributed by atoms with van der Waals surface area (Å²) in [7, 11) is 0. The number of hydrogen-bond acceptors (Lipinski definition) is 3. The van der Waals surface area contributed by atoms with E-state index in [-0.39, 0.29) is 29.5 Å². The molecule has 1 aromatic heterocycles. The average molecular weight is 410 g/mol. The molecule has 3 aromatic rings. The van der Waals surface area contributed by atoms with Crippen molar-refractivity contribution in [2.24, 2.45) is 0 Å². The van der Waals surface area contributed by atoms with E-state index in [1.165, 1.54) is 17.0 Å². The van der Waals surface area contributed by atoms with Crippen LogP contribution in [0.1, 0.15) is 50.8 Å². The SMILES string of the molecule is CCC(C#N)(CC)c1ccc([C@H](C)NC(=O)Cn2cnc3ccc(F)c(F)c32)cc1. The normalized spacial score (nSPS) is 12.5. The second-order valence-electron chi connectivity index (χ2n) is 7.41. The Hall–Kier alpha value is -3.27. The summed E-state index contributed by atoms with van der Waals surface area (Å²) in [6, 6.07) is 12.2. The van der Waals surface area contributed by atoms with E-state index in [1.807, 2.05) is 45.0 Å². The molecule has 0 saturated heterocycles. The molecule has 3 rings (SSSR count). The Morgan fingerprint density at radius 2 is 1.87 bits per heavy atom. The Labute approximate surface area is 174 Å². The van der Waals surface area contributed by atoms with E-state index >= 15 is 0 Å². The zero-order valence-electron chi connectivity index (χ0n) is 17.2. The molecule has 0 aliphatic heterocycles. The molecule has 1 amide bonds. The lowest BCUT2D eigenvalue weighted by atomic mass is 9.77. The van der Waals surface area contributed by atoms with Crippen LogP contribution in [0.25, 0.3) is 11.0 Å². The lowest BCUT2D eigenvalue weighted by Crippen LogP contribution is -2.30.